The van der Waals surface area contributed by atoms with E-state index in [0.717, 1.165) is 23.4 Å². The predicted molar refractivity (Wildman–Crippen MR) is 91.1 cm³/mol. The number of esters is 1. The van der Waals surface area contributed by atoms with Gasteiger partial charge in [0.15, 0.2) is 0 Å². The number of fused-ring (bicyclic) bond motifs is 1. The Balaban J connectivity index is 1.68. The van der Waals surface area contributed by atoms with E-state index in [-0.39, 0.29) is 24.6 Å². The summed E-state index contributed by atoms with van der Waals surface area (Å²) in [6, 6.07) is 10.7. The van der Waals surface area contributed by atoms with Crippen molar-refractivity contribution in [2.75, 3.05) is 0 Å². The third-order valence-corrected chi connectivity index (χ3v) is 4.34. The lowest BCUT2D eigenvalue weighted by Crippen LogP contribution is -2.17. The van der Waals surface area contributed by atoms with Crippen molar-refractivity contribution in [3.8, 4) is 0 Å². The van der Waals surface area contributed by atoms with Crippen LogP contribution in [-0.4, -0.2) is 20.6 Å². The molecule has 3 rings (SSSR count). The third kappa shape index (κ3) is 3.86. The second-order valence-electron chi connectivity index (χ2n) is 5.35. The van der Waals surface area contributed by atoms with Gasteiger partial charge in [-0.2, -0.15) is 9.61 Å². The normalized spacial score (nSPS) is 10.9. The molecule has 2 heterocycles. The number of ether oxygens (including phenoxy) is 1. The summed E-state index contributed by atoms with van der Waals surface area (Å²) in [6.07, 6.45) is 1.97. The Bertz CT molecular complexity index is 902. The molecule has 0 saturated carbocycles. The third-order valence-electron chi connectivity index (χ3n) is 3.38. The maximum atomic E-state index is 12.1. The first-order valence-electron chi connectivity index (χ1n) is 7.74. The number of carbonyl (C=O) groups excluding carboxylic acids is 1. The molecule has 6 nitrogen and oxygen atoms in total. The maximum absolute atomic E-state index is 12.1. The summed E-state index contributed by atoms with van der Waals surface area (Å²) < 4.78 is 6.52. The van der Waals surface area contributed by atoms with Crippen molar-refractivity contribution in [2.45, 2.75) is 32.8 Å². The SMILES string of the molecule is CCCc1nn2c(=O)cc(COC(=O)Cc3ccccc3)nc2s1. The summed E-state index contributed by atoms with van der Waals surface area (Å²) in [5.74, 6) is -0.348. The first-order valence-corrected chi connectivity index (χ1v) is 8.55. The lowest BCUT2D eigenvalue weighted by Gasteiger charge is -2.04. The monoisotopic (exact) mass is 343 g/mol. The van der Waals surface area contributed by atoms with Crippen LogP contribution in [0.25, 0.3) is 4.96 Å². The Morgan fingerprint density at radius 2 is 2.08 bits per heavy atom. The number of carbonyl (C=O) groups is 1. The Hall–Kier alpha value is -2.54. The molecule has 0 bridgehead atoms. The number of nitrogens with zero attached hydrogens (tertiary/aromatic N) is 3. The quantitative estimate of drug-likeness (QED) is 0.643. The fourth-order valence-corrected chi connectivity index (χ4v) is 3.27. The minimum Gasteiger partial charge on any atom is -0.459 e. The highest BCUT2D eigenvalue weighted by atomic mass is 32.1. The lowest BCUT2D eigenvalue weighted by atomic mass is 10.2. The van der Waals surface area contributed by atoms with Crippen LogP contribution in [0.3, 0.4) is 0 Å². The minimum atomic E-state index is -0.348. The number of benzene rings is 1. The van der Waals surface area contributed by atoms with E-state index >= 15 is 0 Å². The Kier molecular flexibility index (Phi) is 5.00. The van der Waals surface area contributed by atoms with E-state index in [9.17, 15) is 9.59 Å². The lowest BCUT2D eigenvalue weighted by molar-refractivity contribution is -0.144. The zero-order chi connectivity index (χ0) is 16.9. The van der Waals surface area contributed by atoms with Crippen molar-refractivity contribution in [3.63, 3.8) is 0 Å². The van der Waals surface area contributed by atoms with Crippen LogP contribution in [0.15, 0.2) is 41.2 Å². The molecule has 0 spiro atoms. The van der Waals surface area contributed by atoms with Gasteiger partial charge < -0.3 is 4.74 Å². The van der Waals surface area contributed by atoms with Gasteiger partial charge in [-0.3, -0.25) is 9.59 Å². The van der Waals surface area contributed by atoms with Crippen molar-refractivity contribution in [1.82, 2.24) is 14.6 Å². The Morgan fingerprint density at radius 1 is 1.29 bits per heavy atom. The Labute approximate surface area is 142 Å². The molecule has 0 radical (unpaired) electrons. The molecular formula is C17H17N3O3S. The van der Waals surface area contributed by atoms with Gasteiger partial charge in [-0.25, -0.2) is 4.98 Å². The average Bonchev–Trinajstić information content (AvgIpc) is 2.97. The number of hydrogen-bond donors (Lipinski definition) is 0. The number of aromatic nitrogens is 3. The van der Waals surface area contributed by atoms with Gasteiger partial charge in [-0.15, -0.1) is 0 Å². The van der Waals surface area contributed by atoms with Crippen molar-refractivity contribution in [2.24, 2.45) is 0 Å². The van der Waals surface area contributed by atoms with Crippen LogP contribution in [0.2, 0.25) is 0 Å². The van der Waals surface area contributed by atoms with E-state index in [0.29, 0.717) is 10.7 Å². The van der Waals surface area contributed by atoms with Gasteiger partial charge in [-0.05, 0) is 12.0 Å². The van der Waals surface area contributed by atoms with Gasteiger partial charge in [0, 0.05) is 12.5 Å². The van der Waals surface area contributed by atoms with Crippen LogP contribution in [0.1, 0.15) is 29.6 Å². The molecule has 0 N–H and O–H groups in total. The molecule has 7 heteroatoms. The van der Waals surface area contributed by atoms with Crippen LogP contribution >= 0.6 is 11.3 Å². The van der Waals surface area contributed by atoms with E-state index in [1.54, 1.807) is 0 Å². The predicted octanol–water partition coefficient (Wildman–Crippen LogP) is 2.39. The van der Waals surface area contributed by atoms with Crippen molar-refractivity contribution in [3.05, 3.63) is 63.0 Å². The summed E-state index contributed by atoms with van der Waals surface area (Å²) >= 11 is 1.39. The van der Waals surface area contributed by atoms with Gasteiger partial charge in [0.1, 0.15) is 11.6 Å². The molecule has 0 atom stereocenters. The van der Waals surface area contributed by atoms with Crippen molar-refractivity contribution < 1.29 is 9.53 Å². The standard InChI is InChI=1S/C17H17N3O3S/c1-2-6-14-19-20-15(21)10-13(18-17(20)24-14)11-23-16(22)9-12-7-4-3-5-8-12/h3-5,7-8,10H,2,6,9,11H2,1H3. The molecule has 24 heavy (non-hydrogen) atoms. The molecular weight excluding hydrogens is 326 g/mol. The Morgan fingerprint density at radius 3 is 2.83 bits per heavy atom. The first-order chi connectivity index (χ1) is 11.7. The second-order valence-corrected chi connectivity index (χ2v) is 6.39. The fraction of sp³-hybridized carbons (Fsp3) is 0.294. The number of hydrogen-bond acceptors (Lipinski definition) is 6. The highest BCUT2D eigenvalue weighted by Gasteiger charge is 2.10. The summed E-state index contributed by atoms with van der Waals surface area (Å²) in [4.78, 5) is 28.8. The summed E-state index contributed by atoms with van der Waals surface area (Å²) in [7, 11) is 0. The highest BCUT2D eigenvalue weighted by Crippen LogP contribution is 2.13. The molecule has 0 aliphatic heterocycles. The van der Waals surface area contributed by atoms with Crippen molar-refractivity contribution in [1.29, 1.82) is 0 Å². The van der Waals surface area contributed by atoms with E-state index in [1.807, 2.05) is 30.3 Å². The van der Waals surface area contributed by atoms with Crippen LogP contribution in [0.5, 0.6) is 0 Å². The first kappa shape index (κ1) is 16.3. The van der Waals surface area contributed by atoms with Gasteiger partial charge in [0.05, 0.1) is 12.1 Å². The number of aryl methyl sites for hydroxylation is 1. The van der Waals surface area contributed by atoms with Gasteiger partial charge in [0.2, 0.25) is 4.96 Å². The molecule has 2 aromatic heterocycles. The van der Waals surface area contributed by atoms with Gasteiger partial charge in [0.25, 0.3) is 5.56 Å². The summed E-state index contributed by atoms with van der Waals surface area (Å²) in [6.45, 7) is 2.04. The molecule has 0 aliphatic rings. The molecule has 0 aliphatic carbocycles. The van der Waals surface area contributed by atoms with Gasteiger partial charge >= 0.3 is 5.97 Å². The largest absolute Gasteiger partial charge is 0.459 e. The summed E-state index contributed by atoms with van der Waals surface area (Å²) in [5.41, 5.74) is 1.07. The van der Waals surface area contributed by atoms with E-state index in [2.05, 4.69) is 17.0 Å². The van der Waals surface area contributed by atoms with Gasteiger partial charge in [-0.1, -0.05) is 48.6 Å². The van der Waals surface area contributed by atoms with E-state index < -0.39 is 0 Å². The second kappa shape index (κ2) is 7.35. The molecule has 0 saturated heterocycles. The van der Waals surface area contributed by atoms with E-state index in [1.165, 1.54) is 21.9 Å². The minimum absolute atomic E-state index is 0.0155. The molecule has 3 aromatic rings. The zero-order valence-corrected chi connectivity index (χ0v) is 14.1. The molecule has 0 unspecified atom stereocenters. The fourth-order valence-electron chi connectivity index (χ4n) is 2.25. The topological polar surface area (TPSA) is 73.6 Å². The maximum Gasteiger partial charge on any atom is 0.310 e. The molecule has 124 valence electrons. The highest BCUT2D eigenvalue weighted by molar-refractivity contribution is 7.16. The molecule has 0 amide bonds. The van der Waals surface area contributed by atoms with Crippen molar-refractivity contribution >= 4 is 22.3 Å². The smallest absolute Gasteiger partial charge is 0.310 e. The van der Waals surface area contributed by atoms with Crippen LogP contribution in [0.4, 0.5) is 0 Å². The van der Waals surface area contributed by atoms with Crippen LogP contribution in [0, 0.1) is 0 Å². The summed E-state index contributed by atoms with van der Waals surface area (Å²) in [5, 5.41) is 5.12. The zero-order valence-electron chi connectivity index (χ0n) is 13.3. The van der Waals surface area contributed by atoms with Crippen LogP contribution in [-0.2, 0) is 29.0 Å². The average molecular weight is 343 g/mol. The molecule has 1 aromatic carbocycles. The van der Waals surface area contributed by atoms with Crippen LogP contribution < -0.4 is 5.56 Å². The molecule has 0 fully saturated rings. The number of rotatable bonds is 6. The van der Waals surface area contributed by atoms with E-state index in [4.69, 9.17) is 4.74 Å².